The highest BCUT2D eigenvalue weighted by Crippen LogP contribution is 2.40. The van der Waals surface area contributed by atoms with Crippen molar-refractivity contribution in [3.05, 3.63) is 113 Å². The zero-order valence-corrected chi connectivity index (χ0v) is 19.9. The maximum absolute atomic E-state index is 12.3. The second kappa shape index (κ2) is 8.60. The van der Waals surface area contributed by atoms with Gasteiger partial charge in [0.15, 0.2) is 5.60 Å². The van der Waals surface area contributed by atoms with E-state index in [1.54, 1.807) is 31.8 Å². The minimum absolute atomic E-state index is 0.537. The number of hydrogen-bond donors (Lipinski definition) is 1. The molecule has 2 aromatic heterocycles. The van der Waals surface area contributed by atoms with E-state index in [-0.39, 0.29) is 0 Å². The number of aryl methyl sites for hydroxylation is 2. The summed E-state index contributed by atoms with van der Waals surface area (Å²) in [5, 5.41) is 13.8. The predicted molar refractivity (Wildman–Crippen MR) is 135 cm³/mol. The standard InChI is InChI=1S/C28H24ClN3O2/c1-18-4-6-19(7-5-18)23-15-27(34-3)31-25-13-10-21(14-24(23)25)28(33,26-16-30-17-32(26)2)20-8-11-22(29)12-9-20/h4-17,33H,1-3H3. The molecule has 0 aliphatic heterocycles. The Morgan fingerprint density at radius 1 is 0.941 bits per heavy atom. The van der Waals surface area contributed by atoms with Gasteiger partial charge in [-0.15, -0.1) is 0 Å². The quantitative estimate of drug-likeness (QED) is 0.348. The first-order valence-electron chi connectivity index (χ1n) is 10.9. The van der Waals surface area contributed by atoms with Crippen LogP contribution in [0, 0.1) is 6.92 Å². The van der Waals surface area contributed by atoms with E-state index in [0.29, 0.717) is 27.7 Å². The maximum atomic E-state index is 12.3. The Morgan fingerprint density at radius 3 is 2.29 bits per heavy atom. The molecular formula is C28H24ClN3O2. The molecule has 34 heavy (non-hydrogen) atoms. The number of rotatable bonds is 5. The number of methoxy groups -OCH3 is 1. The number of benzene rings is 3. The summed E-state index contributed by atoms with van der Waals surface area (Å²) in [6.07, 6.45) is 3.37. The first-order chi connectivity index (χ1) is 16.4. The normalized spacial score (nSPS) is 13.1. The average Bonchev–Trinajstić information content (AvgIpc) is 3.30. The SMILES string of the molecule is COc1cc(-c2ccc(C)cc2)c2cc(C(O)(c3ccc(Cl)cc3)c3cncn3C)ccc2n1. The van der Waals surface area contributed by atoms with Gasteiger partial charge in [0.1, 0.15) is 0 Å². The third-order valence-electron chi connectivity index (χ3n) is 6.22. The Bertz CT molecular complexity index is 1480. The van der Waals surface area contributed by atoms with Gasteiger partial charge in [0.05, 0.1) is 30.8 Å². The molecule has 0 amide bonds. The summed E-state index contributed by atoms with van der Waals surface area (Å²) in [6.45, 7) is 2.06. The number of aromatic nitrogens is 3. The lowest BCUT2D eigenvalue weighted by molar-refractivity contribution is 0.117. The van der Waals surface area contributed by atoms with Gasteiger partial charge in [-0.2, -0.15) is 0 Å². The zero-order valence-electron chi connectivity index (χ0n) is 19.2. The fourth-order valence-corrected chi connectivity index (χ4v) is 4.49. The second-order valence-electron chi connectivity index (χ2n) is 8.42. The van der Waals surface area contributed by atoms with Crippen molar-refractivity contribution in [2.45, 2.75) is 12.5 Å². The molecule has 0 spiro atoms. The molecule has 1 atom stereocenters. The van der Waals surface area contributed by atoms with E-state index in [1.807, 2.05) is 48.0 Å². The Hall–Kier alpha value is -3.67. The van der Waals surface area contributed by atoms with E-state index < -0.39 is 5.60 Å². The van der Waals surface area contributed by atoms with Gasteiger partial charge in [-0.05, 0) is 53.4 Å². The lowest BCUT2D eigenvalue weighted by atomic mass is 9.82. The van der Waals surface area contributed by atoms with E-state index >= 15 is 0 Å². The number of imidazole rings is 1. The largest absolute Gasteiger partial charge is 0.481 e. The third-order valence-corrected chi connectivity index (χ3v) is 6.48. The van der Waals surface area contributed by atoms with Crippen LogP contribution in [0.1, 0.15) is 22.4 Å². The summed E-state index contributed by atoms with van der Waals surface area (Å²) in [7, 11) is 3.48. The summed E-state index contributed by atoms with van der Waals surface area (Å²) in [5.41, 5.74) is 4.58. The Labute approximate surface area is 203 Å². The van der Waals surface area contributed by atoms with Crippen LogP contribution in [0.4, 0.5) is 0 Å². The molecule has 3 aromatic carbocycles. The molecule has 5 aromatic rings. The van der Waals surface area contributed by atoms with Gasteiger partial charge in [0.25, 0.3) is 0 Å². The Balaban J connectivity index is 1.79. The van der Waals surface area contributed by atoms with Crippen molar-refractivity contribution in [3.8, 4) is 17.0 Å². The molecular weight excluding hydrogens is 446 g/mol. The maximum Gasteiger partial charge on any atom is 0.214 e. The van der Waals surface area contributed by atoms with Crippen molar-refractivity contribution in [2.24, 2.45) is 7.05 Å². The summed E-state index contributed by atoms with van der Waals surface area (Å²) < 4.78 is 7.30. The molecule has 170 valence electrons. The molecule has 2 heterocycles. The monoisotopic (exact) mass is 469 g/mol. The molecule has 0 saturated carbocycles. The van der Waals surface area contributed by atoms with Gasteiger partial charge in [-0.1, -0.05) is 59.6 Å². The van der Waals surface area contributed by atoms with Gasteiger partial charge >= 0.3 is 0 Å². The highest BCUT2D eigenvalue weighted by atomic mass is 35.5. The molecule has 0 aliphatic rings. The zero-order chi connectivity index (χ0) is 23.9. The second-order valence-corrected chi connectivity index (χ2v) is 8.85. The average molecular weight is 470 g/mol. The van der Waals surface area contributed by atoms with Gasteiger partial charge in [-0.25, -0.2) is 9.97 Å². The van der Waals surface area contributed by atoms with Crippen molar-refractivity contribution in [2.75, 3.05) is 7.11 Å². The number of halogens is 1. The van der Waals surface area contributed by atoms with Crippen LogP contribution in [0.2, 0.25) is 5.02 Å². The van der Waals surface area contributed by atoms with Gasteiger partial charge < -0.3 is 14.4 Å². The van der Waals surface area contributed by atoms with Crippen LogP contribution in [0.5, 0.6) is 5.88 Å². The summed E-state index contributed by atoms with van der Waals surface area (Å²) in [4.78, 5) is 8.91. The number of ether oxygens (including phenoxy) is 1. The van der Waals surface area contributed by atoms with Crippen molar-refractivity contribution in [3.63, 3.8) is 0 Å². The molecule has 0 aliphatic carbocycles. The Morgan fingerprint density at radius 2 is 1.65 bits per heavy atom. The number of aliphatic hydroxyl groups is 1. The summed E-state index contributed by atoms with van der Waals surface area (Å²) in [5.74, 6) is 0.537. The molecule has 0 fully saturated rings. The fourth-order valence-electron chi connectivity index (χ4n) is 4.36. The van der Waals surface area contributed by atoms with Crippen LogP contribution in [0.15, 0.2) is 85.3 Å². The topological polar surface area (TPSA) is 60.2 Å². The molecule has 5 rings (SSSR count). The van der Waals surface area contributed by atoms with Crippen LogP contribution in [0.3, 0.4) is 0 Å². The fraction of sp³-hybridized carbons (Fsp3) is 0.143. The lowest BCUT2D eigenvalue weighted by Crippen LogP contribution is -2.31. The number of hydrogen-bond acceptors (Lipinski definition) is 4. The van der Waals surface area contributed by atoms with Crippen LogP contribution < -0.4 is 4.74 Å². The Kier molecular flexibility index (Phi) is 5.60. The number of nitrogens with zero attached hydrogens (tertiary/aromatic N) is 3. The first kappa shape index (κ1) is 22.1. The first-order valence-corrected chi connectivity index (χ1v) is 11.3. The number of fused-ring (bicyclic) bond motifs is 1. The number of pyridine rings is 1. The molecule has 1 unspecified atom stereocenters. The van der Waals surface area contributed by atoms with Gasteiger partial charge in [0.2, 0.25) is 5.88 Å². The van der Waals surface area contributed by atoms with Crippen LogP contribution >= 0.6 is 11.6 Å². The van der Waals surface area contributed by atoms with Crippen LogP contribution in [0.25, 0.3) is 22.0 Å². The van der Waals surface area contributed by atoms with Gasteiger partial charge in [-0.3, -0.25) is 0 Å². The third kappa shape index (κ3) is 3.73. The predicted octanol–water partition coefficient (Wildman–Crippen LogP) is 5.89. The molecule has 1 N–H and O–H groups in total. The summed E-state index contributed by atoms with van der Waals surface area (Å²) >= 11 is 6.15. The van der Waals surface area contributed by atoms with E-state index in [4.69, 9.17) is 16.3 Å². The minimum Gasteiger partial charge on any atom is -0.481 e. The van der Waals surface area contributed by atoms with E-state index in [1.165, 1.54) is 5.56 Å². The molecule has 0 saturated heterocycles. The van der Waals surface area contributed by atoms with E-state index in [2.05, 4.69) is 41.2 Å². The highest BCUT2D eigenvalue weighted by Gasteiger charge is 2.37. The smallest absolute Gasteiger partial charge is 0.214 e. The lowest BCUT2D eigenvalue weighted by Gasteiger charge is -2.30. The van der Waals surface area contributed by atoms with Gasteiger partial charge in [0, 0.05) is 23.5 Å². The van der Waals surface area contributed by atoms with Crippen molar-refractivity contribution >= 4 is 22.5 Å². The van der Waals surface area contributed by atoms with Crippen molar-refractivity contribution in [1.82, 2.24) is 14.5 Å². The minimum atomic E-state index is -1.45. The molecule has 5 nitrogen and oxygen atoms in total. The van der Waals surface area contributed by atoms with Crippen LogP contribution in [-0.4, -0.2) is 26.8 Å². The van der Waals surface area contributed by atoms with Crippen molar-refractivity contribution < 1.29 is 9.84 Å². The highest BCUT2D eigenvalue weighted by molar-refractivity contribution is 6.30. The van der Waals surface area contributed by atoms with E-state index in [0.717, 1.165) is 22.0 Å². The van der Waals surface area contributed by atoms with Crippen LogP contribution in [-0.2, 0) is 12.6 Å². The molecule has 6 heteroatoms. The van der Waals surface area contributed by atoms with Crippen molar-refractivity contribution in [1.29, 1.82) is 0 Å². The van der Waals surface area contributed by atoms with E-state index in [9.17, 15) is 5.11 Å². The molecule has 0 radical (unpaired) electrons. The summed E-state index contributed by atoms with van der Waals surface area (Å²) in [6, 6.07) is 23.3. The molecule has 0 bridgehead atoms.